The van der Waals surface area contributed by atoms with E-state index in [-0.39, 0.29) is 12.5 Å². The Bertz CT molecular complexity index is 571. The number of hydrogen-bond donors (Lipinski definition) is 0. The van der Waals surface area contributed by atoms with Crippen molar-refractivity contribution < 1.29 is 4.79 Å². The van der Waals surface area contributed by atoms with Crippen LogP contribution in [0.4, 0.5) is 5.95 Å². The molecule has 2 saturated heterocycles. The zero-order valence-corrected chi connectivity index (χ0v) is 12.1. The molecule has 2 aliphatic heterocycles. The molecule has 3 heterocycles. The molecule has 0 aromatic carbocycles. The van der Waals surface area contributed by atoms with Crippen molar-refractivity contribution in [1.29, 1.82) is 5.26 Å². The van der Waals surface area contributed by atoms with Gasteiger partial charge in [0.2, 0.25) is 11.9 Å². The maximum absolute atomic E-state index is 12.7. The van der Waals surface area contributed by atoms with E-state index in [4.69, 9.17) is 5.26 Å². The topological polar surface area (TPSA) is 76.4 Å². The van der Waals surface area contributed by atoms with Crippen LogP contribution in [-0.2, 0) is 4.79 Å². The van der Waals surface area contributed by atoms with Gasteiger partial charge in [0.15, 0.2) is 0 Å². The summed E-state index contributed by atoms with van der Waals surface area (Å²) in [7, 11) is 1.83. The number of amides is 1. The number of carbonyl (C=O) groups is 1. The van der Waals surface area contributed by atoms with Crippen molar-refractivity contribution in [1.82, 2.24) is 19.8 Å². The Balaban J connectivity index is 1.88. The predicted molar refractivity (Wildman–Crippen MR) is 76.4 cm³/mol. The number of aromatic nitrogens is 2. The zero-order chi connectivity index (χ0) is 14.9. The number of rotatable bonds is 2. The molecule has 7 heteroatoms. The van der Waals surface area contributed by atoms with Gasteiger partial charge < -0.3 is 9.80 Å². The van der Waals surface area contributed by atoms with Crippen LogP contribution in [0.25, 0.3) is 0 Å². The van der Waals surface area contributed by atoms with Crippen molar-refractivity contribution in [2.45, 2.75) is 12.0 Å². The van der Waals surface area contributed by atoms with Gasteiger partial charge in [-0.3, -0.25) is 9.69 Å². The summed E-state index contributed by atoms with van der Waals surface area (Å²) in [6.45, 7) is 2.96. The standard InChI is InChI=1S/C14H18N6O/c1-18-9-10-20(8-4-15)14(12(18)21)3-7-19(11-14)13-16-5-2-6-17-13/h2,5-6H,3,7-11H2,1H3/t14-/m0/s1. The summed E-state index contributed by atoms with van der Waals surface area (Å²) >= 11 is 0. The van der Waals surface area contributed by atoms with Crippen LogP contribution in [0, 0.1) is 11.3 Å². The Morgan fingerprint density at radius 3 is 2.81 bits per heavy atom. The van der Waals surface area contributed by atoms with E-state index < -0.39 is 5.54 Å². The Kier molecular flexibility index (Phi) is 3.47. The molecular weight excluding hydrogens is 268 g/mol. The van der Waals surface area contributed by atoms with Gasteiger partial charge in [-0.15, -0.1) is 0 Å². The third-order valence-corrected chi connectivity index (χ3v) is 4.40. The molecule has 1 amide bonds. The molecule has 0 saturated carbocycles. The summed E-state index contributed by atoms with van der Waals surface area (Å²) in [6, 6.07) is 3.96. The van der Waals surface area contributed by atoms with E-state index in [0.717, 1.165) is 13.1 Å². The highest BCUT2D eigenvalue weighted by Gasteiger charge is 2.52. The molecule has 1 aromatic rings. The van der Waals surface area contributed by atoms with Crippen LogP contribution < -0.4 is 4.90 Å². The second-order valence-corrected chi connectivity index (χ2v) is 5.56. The summed E-state index contributed by atoms with van der Waals surface area (Å²) in [6.07, 6.45) is 4.11. The first-order valence-electron chi connectivity index (χ1n) is 7.07. The van der Waals surface area contributed by atoms with Crippen LogP contribution in [0.3, 0.4) is 0 Å². The van der Waals surface area contributed by atoms with Crippen molar-refractivity contribution in [3.8, 4) is 6.07 Å². The zero-order valence-electron chi connectivity index (χ0n) is 12.1. The van der Waals surface area contributed by atoms with Gasteiger partial charge in [-0.1, -0.05) is 0 Å². The first-order chi connectivity index (χ1) is 10.2. The first-order valence-corrected chi connectivity index (χ1v) is 7.07. The molecule has 0 aliphatic carbocycles. The second kappa shape index (κ2) is 5.30. The van der Waals surface area contributed by atoms with Gasteiger partial charge in [0.05, 0.1) is 12.6 Å². The summed E-state index contributed by atoms with van der Waals surface area (Å²) in [4.78, 5) is 27.0. The van der Waals surface area contributed by atoms with Gasteiger partial charge in [-0.2, -0.15) is 5.26 Å². The van der Waals surface area contributed by atoms with Crippen molar-refractivity contribution in [3.63, 3.8) is 0 Å². The monoisotopic (exact) mass is 286 g/mol. The lowest BCUT2D eigenvalue weighted by molar-refractivity contribution is -0.147. The molecule has 0 N–H and O–H groups in total. The Labute approximate surface area is 123 Å². The largest absolute Gasteiger partial charge is 0.343 e. The highest BCUT2D eigenvalue weighted by Crippen LogP contribution is 2.33. The van der Waals surface area contributed by atoms with Gasteiger partial charge in [0, 0.05) is 45.6 Å². The minimum Gasteiger partial charge on any atom is -0.343 e. The van der Waals surface area contributed by atoms with E-state index in [1.807, 2.05) is 16.8 Å². The van der Waals surface area contributed by atoms with Crippen LogP contribution in [-0.4, -0.2) is 71.0 Å². The van der Waals surface area contributed by atoms with E-state index in [9.17, 15) is 4.79 Å². The third-order valence-electron chi connectivity index (χ3n) is 4.40. The smallest absolute Gasteiger partial charge is 0.244 e. The van der Waals surface area contributed by atoms with Crippen LogP contribution in [0.5, 0.6) is 0 Å². The minimum atomic E-state index is -0.609. The minimum absolute atomic E-state index is 0.0995. The van der Waals surface area contributed by atoms with Gasteiger partial charge in [-0.25, -0.2) is 9.97 Å². The van der Waals surface area contributed by atoms with Crippen LogP contribution >= 0.6 is 0 Å². The number of carbonyl (C=O) groups excluding carboxylic acids is 1. The van der Waals surface area contributed by atoms with Crippen LogP contribution in [0.2, 0.25) is 0 Å². The fourth-order valence-electron chi connectivity index (χ4n) is 3.24. The number of likely N-dealkylation sites (N-methyl/N-ethyl adjacent to an activating group) is 1. The molecule has 110 valence electrons. The Hall–Kier alpha value is -2.20. The molecule has 2 aliphatic rings. The van der Waals surface area contributed by atoms with Gasteiger partial charge >= 0.3 is 0 Å². The van der Waals surface area contributed by atoms with E-state index in [2.05, 4.69) is 16.0 Å². The quantitative estimate of drug-likeness (QED) is 0.696. The van der Waals surface area contributed by atoms with Crippen LogP contribution in [0.15, 0.2) is 18.5 Å². The van der Waals surface area contributed by atoms with Gasteiger partial charge in [0.1, 0.15) is 5.54 Å². The summed E-state index contributed by atoms with van der Waals surface area (Å²) in [5.74, 6) is 0.745. The lowest BCUT2D eigenvalue weighted by Crippen LogP contribution is -2.66. The fourth-order valence-corrected chi connectivity index (χ4v) is 3.24. The average Bonchev–Trinajstić information content (AvgIpc) is 2.96. The lowest BCUT2D eigenvalue weighted by atomic mass is 9.91. The molecule has 1 spiro atoms. The van der Waals surface area contributed by atoms with Crippen LogP contribution in [0.1, 0.15) is 6.42 Å². The maximum Gasteiger partial charge on any atom is 0.244 e. The molecule has 7 nitrogen and oxygen atoms in total. The molecule has 2 fully saturated rings. The molecule has 0 bridgehead atoms. The Morgan fingerprint density at radius 1 is 1.33 bits per heavy atom. The lowest BCUT2D eigenvalue weighted by Gasteiger charge is -2.45. The predicted octanol–water partition coefficient (Wildman–Crippen LogP) is -0.277. The van der Waals surface area contributed by atoms with E-state index in [0.29, 0.717) is 25.5 Å². The molecule has 21 heavy (non-hydrogen) atoms. The normalized spacial score (nSPS) is 26.4. The van der Waals surface area contributed by atoms with E-state index in [1.54, 1.807) is 23.4 Å². The van der Waals surface area contributed by atoms with Crippen molar-refractivity contribution in [2.75, 3.05) is 44.7 Å². The molecule has 3 rings (SSSR count). The summed E-state index contributed by atoms with van der Waals surface area (Å²) in [5.41, 5.74) is -0.609. The number of nitriles is 1. The first kappa shape index (κ1) is 13.8. The molecule has 1 aromatic heterocycles. The van der Waals surface area contributed by atoms with Gasteiger partial charge in [-0.05, 0) is 12.5 Å². The molecule has 1 atom stereocenters. The van der Waals surface area contributed by atoms with Gasteiger partial charge in [0.25, 0.3) is 0 Å². The fraction of sp³-hybridized carbons (Fsp3) is 0.571. The third kappa shape index (κ3) is 2.21. The second-order valence-electron chi connectivity index (χ2n) is 5.56. The van der Waals surface area contributed by atoms with E-state index in [1.165, 1.54) is 0 Å². The maximum atomic E-state index is 12.7. The Morgan fingerprint density at radius 2 is 2.10 bits per heavy atom. The number of hydrogen-bond acceptors (Lipinski definition) is 6. The average molecular weight is 286 g/mol. The van der Waals surface area contributed by atoms with Crippen molar-refractivity contribution >= 4 is 11.9 Å². The number of nitrogens with zero attached hydrogens (tertiary/aromatic N) is 6. The number of piperazine rings is 1. The highest BCUT2D eigenvalue weighted by molar-refractivity contribution is 5.88. The SMILES string of the molecule is CN1CCN(CC#N)[C@]2(CCN(c3ncccn3)C2)C1=O. The molecule has 0 unspecified atom stereocenters. The molecule has 0 radical (unpaired) electrons. The number of anilines is 1. The van der Waals surface area contributed by atoms with Crippen molar-refractivity contribution in [3.05, 3.63) is 18.5 Å². The van der Waals surface area contributed by atoms with Crippen molar-refractivity contribution in [2.24, 2.45) is 0 Å². The molecular formula is C14H18N6O. The summed E-state index contributed by atoms with van der Waals surface area (Å²) in [5, 5.41) is 9.04. The highest BCUT2D eigenvalue weighted by atomic mass is 16.2. The van der Waals surface area contributed by atoms with E-state index >= 15 is 0 Å². The summed E-state index contributed by atoms with van der Waals surface area (Å²) < 4.78 is 0.